The summed E-state index contributed by atoms with van der Waals surface area (Å²) in [4.78, 5) is 17.4. The molecule has 2 heterocycles. The summed E-state index contributed by atoms with van der Waals surface area (Å²) in [6.45, 7) is 0. The lowest BCUT2D eigenvalue weighted by Crippen LogP contribution is -2.32. The molecule has 0 saturated heterocycles. The SMILES string of the molecule is c1ccc(-c2nc(-c3ccccc3)nc(-c3ccc(-c4ccc5c(c4)C4(c6cc7ccccc7cc6S5)c5ccccc5-c5ccccc54)cc3)n2)cc1. The second-order valence-corrected chi connectivity index (χ2v) is 15.0. The van der Waals surface area contributed by atoms with Crippen LogP contribution in [0.15, 0.2) is 198 Å². The Bertz CT molecular complexity index is 2800. The van der Waals surface area contributed by atoms with E-state index in [1.165, 1.54) is 59.5 Å². The summed E-state index contributed by atoms with van der Waals surface area (Å²) >= 11 is 1.89. The summed E-state index contributed by atoms with van der Waals surface area (Å²) < 4.78 is 0. The zero-order valence-corrected chi connectivity index (χ0v) is 30.0. The van der Waals surface area contributed by atoms with Gasteiger partial charge in [0, 0.05) is 26.5 Å². The van der Waals surface area contributed by atoms with Gasteiger partial charge in [0.2, 0.25) is 0 Å². The van der Waals surface area contributed by atoms with Gasteiger partial charge in [-0.05, 0) is 79.5 Å². The van der Waals surface area contributed by atoms with Crippen molar-refractivity contribution < 1.29 is 0 Å². The van der Waals surface area contributed by atoms with Crippen LogP contribution in [0.4, 0.5) is 0 Å². The van der Waals surface area contributed by atoms with Gasteiger partial charge in [0.05, 0.1) is 5.41 Å². The molecule has 0 atom stereocenters. The highest BCUT2D eigenvalue weighted by Gasteiger charge is 2.50. The molecule has 8 aromatic carbocycles. The van der Waals surface area contributed by atoms with Crippen LogP contribution in [0, 0.1) is 0 Å². The number of benzene rings is 8. The number of fused-ring (bicyclic) bond motifs is 10. The lowest BCUT2D eigenvalue weighted by molar-refractivity contribution is 0.724. The van der Waals surface area contributed by atoms with E-state index < -0.39 is 5.41 Å². The first-order chi connectivity index (χ1) is 26.7. The van der Waals surface area contributed by atoms with Crippen LogP contribution in [0.3, 0.4) is 0 Å². The summed E-state index contributed by atoms with van der Waals surface area (Å²) in [5, 5.41) is 2.53. The molecule has 3 nitrogen and oxygen atoms in total. The van der Waals surface area contributed by atoms with E-state index in [9.17, 15) is 0 Å². The van der Waals surface area contributed by atoms with Gasteiger partial charge in [-0.25, -0.2) is 15.0 Å². The number of hydrogen-bond acceptors (Lipinski definition) is 4. The Labute approximate surface area is 318 Å². The monoisotopic (exact) mass is 705 g/mol. The first-order valence-electron chi connectivity index (χ1n) is 18.3. The van der Waals surface area contributed by atoms with Crippen molar-refractivity contribution in [3.05, 3.63) is 210 Å². The summed E-state index contributed by atoms with van der Waals surface area (Å²) in [6.07, 6.45) is 0. The zero-order chi connectivity index (χ0) is 35.6. The summed E-state index contributed by atoms with van der Waals surface area (Å²) in [5.74, 6) is 1.97. The molecular formula is C50H31N3S. The normalized spacial score (nSPS) is 13.3. The van der Waals surface area contributed by atoms with Crippen LogP contribution in [0.25, 0.3) is 67.2 Å². The van der Waals surface area contributed by atoms with E-state index in [1.54, 1.807) is 0 Å². The van der Waals surface area contributed by atoms with Gasteiger partial charge in [0.25, 0.3) is 0 Å². The molecule has 0 radical (unpaired) electrons. The van der Waals surface area contributed by atoms with Crippen LogP contribution >= 0.6 is 11.8 Å². The van der Waals surface area contributed by atoms with Crippen LogP contribution in [-0.2, 0) is 5.41 Å². The number of rotatable bonds is 4. The van der Waals surface area contributed by atoms with E-state index in [-0.39, 0.29) is 0 Å². The Kier molecular flexibility index (Phi) is 7.01. The van der Waals surface area contributed by atoms with Gasteiger partial charge >= 0.3 is 0 Å². The third-order valence-electron chi connectivity index (χ3n) is 11.0. The quantitative estimate of drug-likeness (QED) is 0.183. The van der Waals surface area contributed by atoms with Gasteiger partial charge < -0.3 is 0 Å². The Balaban J connectivity index is 1.07. The summed E-state index contributed by atoms with van der Waals surface area (Å²) in [7, 11) is 0. The van der Waals surface area contributed by atoms with Crippen molar-refractivity contribution in [1.29, 1.82) is 0 Å². The van der Waals surface area contributed by atoms with Crippen LogP contribution in [-0.4, -0.2) is 15.0 Å². The fourth-order valence-electron chi connectivity index (χ4n) is 8.52. The molecule has 1 aliphatic heterocycles. The molecule has 0 fully saturated rings. The predicted octanol–water partition coefficient (Wildman–Crippen LogP) is 12.5. The Morgan fingerprint density at radius 3 is 1.35 bits per heavy atom. The van der Waals surface area contributed by atoms with Gasteiger partial charge in [-0.15, -0.1) is 0 Å². The molecule has 0 unspecified atom stereocenters. The van der Waals surface area contributed by atoms with Crippen molar-refractivity contribution in [3.63, 3.8) is 0 Å². The summed E-state index contributed by atoms with van der Waals surface area (Å²) in [6, 6.07) is 67.6. The Morgan fingerprint density at radius 1 is 0.315 bits per heavy atom. The average Bonchev–Trinajstić information content (AvgIpc) is 3.54. The third-order valence-corrected chi connectivity index (χ3v) is 12.1. The van der Waals surface area contributed by atoms with Gasteiger partial charge in [0.1, 0.15) is 0 Å². The van der Waals surface area contributed by atoms with E-state index in [2.05, 4.69) is 127 Å². The van der Waals surface area contributed by atoms with Crippen molar-refractivity contribution in [2.75, 3.05) is 0 Å². The molecule has 1 aliphatic carbocycles. The fraction of sp³-hybridized carbons (Fsp3) is 0.0200. The molecule has 0 bridgehead atoms. The topological polar surface area (TPSA) is 38.7 Å². The van der Waals surface area contributed by atoms with Crippen LogP contribution < -0.4 is 0 Å². The first-order valence-corrected chi connectivity index (χ1v) is 19.1. The second kappa shape index (κ2) is 12.2. The molecule has 9 aromatic rings. The van der Waals surface area contributed by atoms with Crippen molar-refractivity contribution in [3.8, 4) is 56.4 Å². The zero-order valence-electron chi connectivity index (χ0n) is 29.1. The molecule has 252 valence electrons. The maximum absolute atomic E-state index is 4.97. The lowest BCUT2D eigenvalue weighted by Gasteiger charge is -2.40. The van der Waals surface area contributed by atoms with Gasteiger partial charge in [-0.3, -0.25) is 0 Å². The summed E-state index contributed by atoms with van der Waals surface area (Å²) in [5.41, 5.74) is 12.7. The average molecular weight is 706 g/mol. The molecule has 11 rings (SSSR count). The Morgan fingerprint density at radius 2 is 0.759 bits per heavy atom. The molecular weight excluding hydrogens is 675 g/mol. The number of hydrogen-bond donors (Lipinski definition) is 0. The van der Waals surface area contributed by atoms with E-state index in [4.69, 9.17) is 15.0 Å². The highest BCUT2D eigenvalue weighted by Crippen LogP contribution is 2.62. The highest BCUT2D eigenvalue weighted by molar-refractivity contribution is 7.99. The van der Waals surface area contributed by atoms with Gasteiger partial charge in [-0.1, -0.05) is 176 Å². The highest BCUT2D eigenvalue weighted by atomic mass is 32.2. The second-order valence-electron chi connectivity index (χ2n) is 14.0. The number of nitrogens with zero attached hydrogens (tertiary/aromatic N) is 3. The van der Waals surface area contributed by atoms with Crippen LogP contribution in [0.1, 0.15) is 22.3 Å². The van der Waals surface area contributed by atoms with Gasteiger partial charge in [0.15, 0.2) is 17.5 Å². The van der Waals surface area contributed by atoms with Crippen molar-refractivity contribution in [2.45, 2.75) is 15.2 Å². The minimum Gasteiger partial charge on any atom is -0.208 e. The predicted molar refractivity (Wildman–Crippen MR) is 221 cm³/mol. The molecule has 0 amide bonds. The molecule has 0 N–H and O–H groups in total. The van der Waals surface area contributed by atoms with Crippen molar-refractivity contribution in [1.82, 2.24) is 15.0 Å². The largest absolute Gasteiger partial charge is 0.208 e. The smallest absolute Gasteiger partial charge is 0.164 e. The van der Waals surface area contributed by atoms with E-state index in [1.807, 2.05) is 72.4 Å². The molecule has 1 aromatic heterocycles. The lowest BCUT2D eigenvalue weighted by atomic mass is 9.66. The molecule has 0 saturated carbocycles. The maximum Gasteiger partial charge on any atom is 0.164 e. The molecule has 1 spiro atoms. The van der Waals surface area contributed by atoms with Crippen LogP contribution in [0.2, 0.25) is 0 Å². The van der Waals surface area contributed by atoms with Gasteiger partial charge in [-0.2, -0.15) is 0 Å². The maximum atomic E-state index is 4.97. The minimum absolute atomic E-state index is 0.449. The Hall–Kier alpha value is -6.62. The van der Waals surface area contributed by atoms with E-state index in [0.717, 1.165) is 22.3 Å². The fourth-order valence-corrected chi connectivity index (χ4v) is 9.72. The minimum atomic E-state index is -0.449. The van der Waals surface area contributed by atoms with E-state index >= 15 is 0 Å². The van der Waals surface area contributed by atoms with Crippen molar-refractivity contribution in [2.24, 2.45) is 0 Å². The van der Waals surface area contributed by atoms with Crippen molar-refractivity contribution >= 4 is 22.5 Å². The molecule has 54 heavy (non-hydrogen) atoms. The van der Waals surface area contributed by atoms with E-state index in [0.29, 0.717) is 17.5 Å². The standard InChI is InChI=1S/C50H31N3S/c1-3-13-33(14-4-1)47-51-48(34-15-5-2-6-16-34)53-49(52-47)35-25-23-32(24-26-35)38-27-28-45-43(30-38)50(44-29-36-17-7-8-18-37(36)31-46(44)54-45)41-21-11-9-19-39(41)40-20-10-12-22-42(40)50/h1-31H. The third kappa shape index (κ3) is 4.74. The number of aromatic nitrogens is 3. The molecule has 2 aliphatic rings. The van der Waals surface area contributed by atoms with Crippen LogP contribution in [0.5, 0.6) is 0 Å². The molecule has 4 heteroatoms. The first kappa shape index (κ1) is 31.0.